The quantitative estimate of drug-likeness (QED) is 0.462. The maximum atomic E-state index is 13.2. The summed E-state index contributed by atoms with van der Waals surface area (Å²) >= 11 is 0. The van der Waals surface area contributed by atoms with Crippen LogP contribution in [-0.2, 0) is 16.2 Å². The summed E-state index contributed by atoms with van der Waals surface area (Å²) in [5.41, 5.74) is 1.53. The van der Waals surface area contributed by atoms with Gasteiger partial charge in [-0.05, 0) is 41.5 Å². The number of imidazole rings is 1. The van der Waals surface area contributed by atoms with Gasteiger partial charge in [-0.1, -0.05) is 48.5 Å². The molecule has 31 heavy (non-hydrogen) atoms. The summed E-state index contributed by atoms with van der Waals surface area (Å²) in [4.78, 5) is 7.39. The van der Waals surface area contributed by atoms with E-state index in [9.17, 15) is 21.6 Å². The maximum Gasteiger partial charge on any atom is 0.416 e. The zero-order chi connectivity index (χ0) is 22.2. The van der Waals surface area contributed by atoms with Gasteiger partial charge in [0.25, 0.3) is 0 Å². The highest BCUT2D eigenvalue weighted by atomic mass is 32.2. The van der Waals surface area contributed by atoms with E-state index in [0.29, 0.717) is 28.0 Å². The van der Waals surface area contributed by atoms with Crippen molar-refractivity contribution in [2.24, 2.45) is 5.14 Å². The van der Waals surface area contributed by atoms with Crippen LogP contribution < -0.4 is 5.14 Å². The number of halogens is 3. The zero-order valence-corrected chi connectivity index (χ0v) is 16.7. The molecule has 0 unspecified atom stereocenters. The number of fused-ring (bicyclic) bond motifs is 1. The molecule has 0 amide bonds. The molecule has 0 bridgehead atoms. The highest BCUT2D eigenvalue weighted by molar-refractivity contribution is 7.89. The number of aromatic amines is 1. The van der Waals surface area contributed by atoms with E-state index >= 15 is 0 Å². The zero-order valence-electron chi connectivity index (χ0n) is 15.9. The fourth-order valence-electron chi connectivity index (χ4n) is 3.30. The van der Waals surface area contributed by atoms with Crippen molar-refractivity contribution >= 4 is 33.2 Å². The molecule has 0 spiro atoms. The van der Waals surface area contributed by atoms with Crippen molar-refractivity contribution in [1.82, 2.24) is 9.97 Å². The summed E-state index contributed by atoms with van der Waals surface area (Å²) in [6.07, 6.45) is -1.65. The molecule has 5 nitrogen and oxygen atoms in total. The third kappa shape index (κ3) is 4.37. The lowest BCUT2D eigenvalue weighted by atomic mass is 10.1. The molecule has 0 radical (unpaired) electrons. The largest absolute Gasteiger partial charge is 0.416 e. The van der Waals surface area contributed by atoms with Gasteiger partial charge in [-0.3, -0.25) is 0 Å². The number of benzene rings is 3. The topological polar surface area (TPSA) is 88.8 Å². The molecule has 0 aliphatic heterocycles. The van der Waals surface area contributed by atoms with Gasteiger partial charge in [0.15, 0.2) is 0 Å². The average Bonchev–Trinajstić information content (AvgIpc) is 3.13. The van der Waals surface area contributed by atoms with Crippen molar-refractivity contribution < 1.29 is 21.6 Å². The molecule has 3 N–H and O–H groups in total. The standard InChI is InChI=1S/C22H16F3N3O2S/c23-22(24,25)17-7-3-1-5-14(17)10-12-21-27-18-11-9-15(13-19(18)28-21)16-6-2-4-8-20(16)31(26,29)30/h1-13H,(H,27,28)(H2,26,29,30). The lowest BCUT2D eigenvalue weighted by Gasteiger charge is -2.09. The molecule has 0 saturated carbocycles. The molecule has 0 aliphatic rings. The number of nitrogens with two attached hydrogens (primary N) is 1. The SMILES string of the molecule is NS(=O)(=O)c1ccccc1-c1ccc2nc(C=Cc3ccccc3C(F)(F)F)[nH]c2c1. The third-order valence-corrected chi connectivity index (χ3v) is 5.66. The summed E-state index contributed by atoms with van der Waals surface area (Å²) in [5, 5.41) is 5.31. The number of aromatic nitrogens is 2. The Labute approximate surface area is 176 Å². The number of hydrogen-bond donors (Lipinski definition) is 2. The minimum absolute atomic E-state index is 0.00209. The van der Waals surface area contributed by atoms with Gasteiger partial charge in [0.05, 0.1) is 21.5 Å². The van der Waals surface area contributed by atoms with Gasteiger partial charge in [0.1, 0.15) is 5.82 Å². The monoisotopic (exact) mass is 443 g/mol. The predicted molar refractivity (Wildman–Crippen MR) is 113 cm³/mol. The van der Waals surface area contributed by atoms with Crippen LogP contribution in [0.25, 0.3) is 34.3 Å². The van der Waals surface area contributed by atoms with E-state index in [-0.39, 0.29) is 10.5 Å². The average molecular weight is 443 g/mol. The summed E-state index contributed by atoms with van der Waals surface area (Å²) in [6.45, 7) is 0. The number of hydrogen-bond acceptors (Lipinski definition) is 3. The number of rotatable bonds is 4. The second-order valence-electron chi connectivity index (χ2n) is 6.81. The highest BCUT2D eigenvalue weighted by Gasteiger charge is 2.32. The molecule has 1 heterocycles. The van der Waals surface area contributed by atoms with Gasteiger partial charge in [-0.25, -0.2) is 18.5 Å². The number of H-pyrrole nitrogens is 1. The Morgan fingerprint density at radius 2 is 1.65 bits per heavy atom. The molecule has 9 heteroatoms. The first-order chi connectivity index (χ1) is 14.6. The Morgan fingerprint density at radius 1 is 0.935 bits per heavy atom. The first kappa shape index (κ1) is 20.8. The Balaban J connectivity index is 1.72. The van der Waals surface area contributed by atoms with E-state index in [4.69, 9.17) is 5.14 Å². The second kappa shape index (κ2) is 7.68. The number of primary sulfonamides is 1. The van der Waals surface area contributed by atoms with Gasteiger partial charge in [0, 0.05) is 5.56 Å². The van der Waals surface area contributed by atoms with E-state index < -0.39 is 21.8 Å². The summed E-state index contributed by atoms with van der Waals surface area (Å²) in [5.74, 6) is 0.365. The molecule has 3 aromatic carbocycles. The minimum atomic E-state index is -4.46. The fourth-order valence-corrected chi connectivity index (χ4v) is 4.06. The molecule has 0 atom stereocenters. The Morgan fingerprint density at radius 3 is 2.39 bits per heavy atom. The first-order valence-electron chi connectivity index (χ1n) is 9.09. The van der Waals surface area contributed by atoms with Gasteiger partial charge in [-0.2, -0.15) is 13.2 Å². The highest BCUT2D eigenvalue weighted by Crippen LogP contribution is 2.33. The van der Waals surface area contributed by atoms with Crippen molar-refractivity contribution in [2.75, 3.05) is 0 Å². The molecule has 1 aromatic heterocycles. The normalized spacial score (nSPS) is 12.6. The lowest BCUT2D eigenvalue weighted by Crippen LogP contribution is -2.13. The maximum absolute atomic E-state index is 13.2. The second-order valence-corrected chi connectivity index (χ2v) is 8.34. The van der Waals surface area contributed by atoms with E-state index in [2.05, 4.69) is 9.97 Å². The molecular weight excluding hydrogens is 427 g/mol. The predicted octanol–water partition coefficient (Wildman–Crippen LogP) is 5.07. The molecule has 0 saturated heterocycles. The van der Waals surface area contributed by atoms with Crippen LogP contribution >= 0.6 is 0 Å². The Bertz CT molecular complexity index is 1410. The van der Waals surface area contributed by atoms with E-state index in [1.807, 2.05) is 0 Å². The smallest absolute Gasteiger partial charge is 0.338 e. The molecule has 0 fully saturated rings. The molecule has 4 rings (SSSR count). The van der Waals surface area contributed by atoms with Crippen molar-refractivity contribution in [2.45, 2.75) is 11.1 Å². The van der Waals surface area contributed by atoms with E-state index in [0.717, 1.165) is 6.07 Å². The Kier molecular flexibility index (Phi) is 5.16. The van der Waals surface area contributed by atoms with Gasteiger partial charge >= 0.3 is 6.18 Å². The van der Waals surface area contributed by atoms with Crippen LogP contribution in [0.4, 0.5) is 13.2 Å². The van der Waals surface area contributed by atoms with Crippen molar-refractivity contribution in [3.63, 3.8) is 0 Å². The van der Waals surface area contributed by atoms with Gasteiger partial charge in [0.2, 0.25) is 10.0 Å². The minimum Gasteiger partial charge on any atom is -0.338 e. The van der Waals surface area contributed by atoms with Crippen molar-refractivity contribution in [3.05, 3.63) is 83.7 Å². The van der Waals surface area contributed by atoms with Gasteiger partial charge < -0.3 is 4.98 Å². The lowest BCUT2D eigenvalue weighted by molar-refractivity contribution is -0.137. The van der Waals surface area contributed by atoms with Crippen LogP contribution in [0, 0.1) is 0 Å². The van der Waals surface area contributed by atoms with Crippen LogP contribution in [0.1, 0.15) is 17.0 Å². The van der Waals surface area contributed by atoms with Crippen molar-refractivity contribution in [1.29, 1.82) is 0 Å². The molecule has 4 aromatic rings. The molecular formula is C22H16F3N3O2S. The Hall–Kier alpha value is -3.43. The van der Waals surface area contributed by atoms with E-state index in [1.54, 1.807) is 36.4 Å². The summed E-state index contributed by atoms with van der Waals surface area (Å²) < 4.78 is 63.2. The first-order valence-corrected chi connectivity index (χ1v) is 10.6. The van der Waals surface area contributed by atoms with Crippen LogP contribution in [0.3, 0.4) is 0 Å². The van der Waals surface area contributed by atoms with Crippen LogP contribution in [-0.4, -0.2) is 18.4 Å². The van der Waals surface area contributed by atoms with Crippen LogP contribution in [0.2, 0.25) is 0 Å². The van der Waals surface area contributed by atoms with Crippen molar-refractivity contribution in [3.8, 4) is 11.1 Å². The summed E-state index contributed by atoms with van der Waals surface area (Å²) in [6, 6.07) is 16.7. The number of alkyl halides is 3. The van der Waals surface area contributed by atoms with Crippen LogP contribution in [0.5, 0.6) is 0 Å². The number of nitrogens with zero attached hydrogens (tertiary/aromatic N) is 1. The molecule has 0 aliphatic carbocycles. The summed E-state index contributed by atoms with van der Waals surface area (Å²) in [7, 11) is -3.91. The third-order valence-electron chi connectivity index (χ3n) is 4.69. The van der Waals surface area contributed by atoms with E-state index in [1.165, 1.54) is 36.4 Å². The van der Waals surface area contributed by atoms with Gasteiger partial charge in [-0.15, -0.1) is 0 Å². The number of nitrogens with one attached hydrogen (secondary N) is 1. The van der Waals surface area contributed by atoms with Crippen LogP contribution in [0.15, 0.2) is 71.6 Å². The molecule has 158 valence electrons. The number of sulfonamides is 1. The fraction of sp³-hybridized carbons (Fsp3) is 0.0455.